The highest BCUT2D eigenvalue weighted by Crippen LogP contribution is 2.11. The molecule has 0 rings (SSSR count). The molecule has 2 heteroatoms. The largest absolute Gasteiger partial charge is 0.179 e. The summed E-state index contributed by atoms with van der Waals surface area (Å²) in [5, 5.41) is 0. The second-order valence-corrected chi connectivity index (χ2v) is 5.07. The minimum Gasteiger partial charge on any atom is -0.179 e. The average molecular weight is 234 g/mol. The molecule has 1 unspecified atom stereocenters. The molecule has 0 spiro atoms. The lowest BCUT2D eigenvalue weighted by molar-refractivity contribution is 0.564. The summed E-state index contributed by atoms with van der Waals surface area (Å²) in [6.45, 7) is 0. The molecule has 0 N–H and O–H groups in total. The van der Waals surface area contributed by atoms with Crippen molar-refractivity contribution in [1.82, 2.24) is 0 Å². The first-order valence-electron chi connectivity index (χ1n) is 6.22. The van der Waals surface area contributed by atoms with Crippen LogP contribution in [0.5, 0.6) is 0 Å². The van der Waals surface area contributed by atoms with Crippen LogP contribution in [0.4, 0.5) is 0 Å². The standard InChI is InChI=1S/C12H27PS/c13-11-9-7-5-3-1-2-4-6-8-10-12-14/h14H,1-13H2. The number of rotatable bonds is 11. The Morgan fingerprint density at radius 1 is 0.571 bits per heavy atom. The zero-order chi connectivity index (χ0) is 10.5. The van der Waals surface area contributed by atoms with Gasteiger partial charge in [0, 0.05) is 0 Å². The van der Waals surface area contributed by atoms with E-state index in [0.717, 1.165) is 5.75 Å². The van der Waals surface area contributed by atoms with E-state index in [1.807, 2.05) is 0 Å². The predicted molar refractivity (Wildman–Crippen MR) is 74.6 cm³/mol. The Morgan fingerprint density at radius 3 is 1.29 bits per heavy atom. The SMILES string of the molecule is PCCCCCCCCCCCCS. The molecule has 0 aliphatic rings. The van der Waals surface area contributed by atoms with Crippen molar-refractivity contribution >= 4 is 21.9 Å². The lowest BCUT2D eigenvalue weighted by atomic mass is 10.1. The van der Waals surface area contributed by atoms with Crippen LogP contribution < -0.4 is 0 Å². The van der Waals surface area contributed by atoms with Crippen LogP contribution in [0.2, 0.25) is 0 Å². The van der Waals surface area contributed by atoms with Crippen LogP contribution >= 0.6 is 21.9 Å². The molecule has 0 radical (unpaired) electrons. The van der Waals surface area contributed by atoms with Gasteiger partial charge < -0.3 is 0 Å². The molecule has 0 bridgehead atoms. The van der Waals surface area contributed by atoms with E-state index in [1.54, 1.807) is 0 Å². The topological polar surface area (TPSA) is 0 Å². The van der Waals surface area contributed by atoms with Crippen LogP contribution in [0.3, 0.4) is 0 Å². The monoisotopic (exact) mass is 234 g/mol. The minimum absolute atomic E-state index is 1.06. The Kier molecular flexibility index (Phi) is 14.5. The molecule has 14 heavy (non-hydrogen) atoms. The molecule has 0 heterocycles. The molecule has 0 aromatic heterocycles. The fourth-order valence-electron chi connectivity index (χ4n) is 1.67. The van der Waals surface area contributed by atoms with Crippen molar-refractivity contribution in [3.63, 3.8) is 0 Å². The molecule has 0 aromatic rings. The molecule has 0 aliphatic carbocycles. The first kappa shape index (κ1) is 14.8. The molecule has 0 fully saturated rings. The van der Waals surface area contributed by atoms with Gasteiger partial charge in [0.15, 0.2) is 0 Å². The van der Waals surface area contributed by atoms with Gasteiger partial charge in [-0.05, 0) is 24.8 Å². The van der Waals surface area contributed by atoms with E-state index >= 15 is 0 Å². The summed E-state index contributed by atoms with van der Waals surface area (Å²) < 4.78 is 0. The van der Waals surface area contributed by atoms with Crippen LogP contribution in [0.25, 0.3) is 0 Å². The highest BCUT2D eigenvalue weighted by molar-refractivity contribution is 7.80. The Bertz CT molecular complexity index is 84.3. The smallest absolute Gasteiger partial charge is 0.00979 e. The van der Waals surface area contributed by atoms with E-state index < -0.39 is 0 Å². The normalized spacial score (nSPS) is 10.7. The Labute approximate surface area is 98.2 Å². The lowest BCUT2D eigenvalue weighted by Gasteiger charge is -2.01. The van der Waals surface area contributed by atoms with Crippen LogP contribution in [0, 0.1) is 0 Å². The Morgan fingerprint density at radius 2 is 0.929 bits per heavy atom. The fourth-order valence-corrected chi connectivity index (χ4v) is 2.18. The predicted octanol–water partition coefficient (Wildman–Crippen LogP) is 4.69. The van der Waals surface area contributed by atoms with Gasteiger partial charge in [-0.25, -0.2) is 0 Å². The minimum atomic E-state index is 1.06. The third-order valence-corrected chi connectivity index (χ3v) is 3.34. The van der Waals surface area contributed by atoms with Crippen molar-refractivity contribution in [1.29, 1.82) is 0 Å². The number of hydrogen-bond donors (Lipinski definition) is 1. The second-order valence-electron chi connectivity index (χ2n) is 4.05. The van der Waals surface area contributed by atoms with Gasteiger partial charge in [-0.15, -0.1) is 9.24 Å². The van der Waals surface area contributed by atoms with Crippen LogP contribution in [-0.4, -0.2) is 11.9 Å². The Hall–Kier alpha value is 0.780. The Balaban J connectivity index is 2.78. The fraction of sp³-hybridized carbons (Fsp3) is 1.00. The number of hydrogen-bond acceptors (Lipinski definition) is 1. The molecule has 0 aromatic carbocycles. The molecule has 1 atom stereocenters. The van der Waals surface area contributed by atoms with Gasteiger partial charge >= 0.3 is 0 Å². The molecule has 0 saturated heterocycles. The van der Waals surface area contributed by atoms with Crippen molar-refractivity contribution in [3.8, 4) is 0 Å². The summed E-state index contributed by atoms with van der Waals surface area (Å²) in [5.74, 6) is 1.06. The maximum absolute atomic E-state index is 4.21. The number of unbranched alkanes of at least 4 members (excludes halogenated alkanes) is 9. The summed E-state index contributed by atoms with van der Waals surface area (Å²) in [6, 6.07) is 0. The van der Waals surface area contributed by atoms with Crippen molar-refractivity contribution in [3.05, 3.63) is 0 Å². The molecule has 0 nitrogen and oxygen atoms in total. The van der Waals surface area contributed by atoms with E-state index in [2.05, 4.69) is 21.9 Å². The van der Waals surface area contributed by atoms with Gasteiger partial charge in [0.05, 0.1) is 0 Å². The van der Waals surface area contributed by atoms with E-state index in [0.29, 0.717) is 0 Å². The van der Waals surface area contributed by atoms with Gasteiger partial charge in [0.25, 0.3) is 0 Å². The molecule has 0 amide bonds. The molecular formula is C12H27PS. The summed E-state index contributed by atoms with van der Waals surface area (Å²) in [4.78, 5) is 0. The van der Waals surface area contributed by atoms with Crippen LogP contribution in [0.15, 0.2) is 0 Å². The van der Waals surface area contributed by atoms with Crippen LogP contribution in [0.1, 0.15) is 64.2 Å². The van der Waals surface area contributed by atoms with Gasteiger partial charge in [-0.1, -0.05) is 51.4 Å². The van der Waals surface area contributed by atoms with E-state index in [4.69, 9.17) is 0 Å². The van der Waals surface area contributed by atoms with Gasteiger partial charge in [-0.2, -0.15) is 12.6 Å². The maximum atomic E-state index is 4.21. The van der Waals surface area contributed by atoms with Crippen molar-refractivity contribution < 1.29 is 0 Å². The quantitative estimate of drug-likeness (QED) is 0.299. The highest BCUT2D eigenvalue weighted by atomic mass is 32.1. The average Bonchev–Trinajstić information content (AvgIpc) is 2.21. The van der Waals surface area contributed by atoms with Crippen molar-refractivity contribution in [2.24, 2.45) is 0 Å². The third-order valence-electron chi connectivity index (χ3n) is 2.61. The number of thiol groups is 1. The third kappa shape index (κ3) is 12.8. The van der Waals surface area contributed by atoms with Crippen molar-refractivity contribution in [2.45, 2.75) is 64.2 Å². The summed E-state index contributed by atoms with van der Waals surface area (Å²) in [5.41, 5.74) is 0. The first-order valence-corrected chi connectivity index (χ1v) is 7.67. The molecular weight excluding hydrogens is 207 g/mol. The first-order chi connectivity index (χ1) is 6.91. The molecule has 0 saturated carbocycles. The lowest BCUT2D eigenvalue weighted by Crippen LogP contribution is -1.82. The van der Waals surface area contributed by atoms with Gasteiger partial charge in [-0.3, -0.25) is 0 Å². The highest BCUT2D eigenvalue weighted by Gasteiger charge is 1.91. The van der Waals surface area contributed by atoms with E-state index in [-0.39, 0.29) is 0 Å². The molecule has 86 valence electrons. The maximum Gasteiger partial charge on any atom is -0.00979 e. The zero-order valence-corrected chi connectivity index (χ0v) is 11.6. The van der Waals surface area contributed by atoms with Gasteiger partial charge in [0.2, 0.25) is 0 Å². The van der Waals surface area contributed by atoms with E-state index in [9.17, 15) is 0 Å². The summed E-state index contributed by atoms with van der Waals surface area (Å²) >= 11 is 4.21. The van der Waals surface area contributed by atoms with E-state index in [1.165, 1.54) is 70.4 Å². The second kappa shape index (κ2) is 13.8. The van der Waals surface area contributed by atoms with Crippen LogP contribution in [-0.2, 0) is 0 Å². The summed E-state index contributed by atoms with van der Waals surface area (Å²) in [6.07, 6.45) is 15.5. The van der Waals surface area contributed by atoms with Crippen molar-refractivity contribution in [2.75, 3.05) is 11.9 Å². The molecule has 0 aliphatic heterocycles. The summed E-state index contributed by atoms with van der Waals surface area (Å²) in [7, 11) is 2.80. The zero-order valence-electron chi connectivity index (χ0n) is 9.51. The van der Waals surface area contributed by atoms with Gasteiger partial charge in [0.1, 0.15) is 0 Å².